The zero-order chi connectivity index (χ0) is 18.7. The lowest BCUT2D eigenvalue weighted by molar-refractivity contribution is 0.398. The second-order valence-corrected chi connectivity index (χ2v) is 6.88. The molecule has 0 radical (unpaired) electrons. The van der Waals surface area contributed by atoms with Crippen molar-refractivity contribution in [2.75, 3.05) is 13.4 Å². The first-order chi connectivity index (χ1) is 12.3. The van der Waals surface area contributed by atoms with Gasteiger partial charge in [0.2, 0.25) is 5.88 Å². The van der Waals surface area contributed by atoms with Crippen LogP contribution >= 0.6 is 0 Å². The van der Waals surface area contributed by atoms with E-state index >= 15 is 0 Å². The fraction of sp³-hybridized carbons (Fsp3) is 0.118. The molecule has 0 atom stereocenters. The maximum Gasteiger partial charge on any atom is 0.333 e. The Morgan fingerprint density at radius 1 is 0.962 bits per heavy atom. The molecule has 0 saturated carbocycles. The lowest BCUT2D eigenvalue weighted by Crippen LogP contribution is -2.09. The molecule has 0 N–H and O–H groups in total. The van der Waals surface area contributed by atoms with E-state index in [-0.39, 0.29) is 6.01 Å². The van der Waals surface area contributed by atoms with Crippen molar-refractivity contribution in [3.05, 3.63) is 54.5 Å². The summed E-state index contributed by atoms with van der Waals surface area (Å²) in [6.07, 6.45) is 2.43. The summed E-state index contributed by atoms with van der Waals surface area (Å²) in [5.74, 6) is 0.0316. The van der Waals surface area contributed by atoms with Gasteiger partial charge in [0.15, 0.2) is 0 Å². The molecule has 134 valence electrons. The zero-order valence-electron chi connectivity index (χ0n) is 13.9. The van der Waals surface area contributed by atoms with E-state index in [9.17, 15) is 12.8 Å². The van der Waals surface area contributed by atoms with Crippen molar-refractivity contribution in [3.8, 4) is 34.4 Å². The van der Waals surface area contributed by atoms with Crippen molar-refractivity contribution < 1.29 is 21.7 Å². The third-order valence-electron chi connectivity index (χ3n) is 3.31. The molecule has 0 bridgehead atoms. The van der Waals surface area contributed by atoms with Crippen LogP contribution in [0.2, 0.25) is 0 Å². The van der Waals surface area contributed by atoms with Gasteiger partial charge in [-0.25, -0.2) is 9.37 Å². The molecule has 0 saturated heterocycles. The normalized spacial score (nSPS) is 11.2. The van der Waals surface area contributed by atoms with Gasteiger partial charge >= 0.3 is 16.1 Å². The van der Waals surface area contributed by atoms with E-state index < -0.39 is 15.9 Å². The van der Waals surface area contributed by atoms with Gasteiger partial charge in [0, 0.05) is 23.4 Å². The average molecular weight is 375 g/mol. The highest BCUT2D eigenvalue weighted by Gasteiger charge is 2.14. The molecular formula is C17H14FN3O4S. The Hall–Kier alpha value is -3.07. The molecule has 0 fully saturated rings. The number of rotatable bonds is 5. The highest BCUT2D eigenvalue weighted by Crippen LogP contribution is 2.26. The predicted molar refractivity (Wildman–Crippen MR) is 92.7 cm³/mol. The maximum absolute atomic E-state index is 13.2. The Balaban J connectivity index is 2.11. The average Bonchev–Trinajstić information content (AvgIpc) is 2.60. The predicted octanol–water partition coefficient (Wildman–Crippen LogP) is 2.69. The number of hydrogen-bond donors (Lipinski definition) is 0. The Morgan fingerprint density at radius 2 is 1.58 bits per heavy atom. The molecule has 9 heteroatoms. The van der Waals surface area contributed by atoms with Crippen LogP contribution in [0.3, 0.4) is 0 Å². The molecule has 3 aromatic rings. The van der Waals surface area contributed by atoms with Crippen LogP contribution in [0.1, 0.15) is 0 Å². The van der Waals surface area contributed by atoms with E-state index in [1.54, 1.807) is 18.2 Å². The second-order valence-electron chi connectivity index (χ2n) is 5.30. The van der Waals surface area contributed by atoms with Crippen molar-refractivity contribution in [3.63, 3.8) is 0 Å². The van der Waals surface area contributed by atoms with Gasteiger partial charge in [-0.1, -0.05) is 0 Å². The van der Waals surface area contributed by atoms with Crippen LogP contribution in [-0.2, 0) is 10.1 Å². The summed E-state index contributed by atoms with van der Waals surface area (Å²) in [5, 5.41) is 0. The Labute approximate surface area is 149 Å². The maximum atomic E-state index is 13.2. The Bertz CT molecular complexity index is 1020. The summed E-state index contributed by atoms with van der Waals surface area (Å²) in [6.45, 7) is 0. The van der Waals surface area contributed by atoms with Crippen LogP contribution in [-0.4, -0.2) is 36.7 Å². The Kier molecular flexibility index (Phi) is 4.81. The molecule has 0 amide bonds. The molecule has 3 rings (SSSR count). The van der Waals surface area contributed by atoms with Crippen LogP contribution in [0.4, 0.5) is 4.39 Å². The highest BCUT2D eigenvalue weighted by molar-refractivity contribution is 7.86. The SMILES string of the molecule is COc1ccc(-c2cc(-c3ccc(F)cc3)nc(OS(C)(=O)=O)n2)cn1. The zero-order valence-corrected chi connectivity index (χ0v) is 14.7. The lowest BCUT2D eigenvalue weighted by atomic mass is 10.1. The van der Waals surface area contributed by atoms with Crippen LogP contribution in [0.25, 0.3) is 22.5 Å². The van der Waals surface area contributed by atoms with Gasteiger partial charge in [-0.2, -0.15) is 18.4 Å². The second kappa shape index (κ2) is 7.04. The Morgan fingerprint density at radius 3 is 2.12 bits per heavy atom. The monoisotopic (exact) mass is 375 g/mol. The number of nitrogens with zero attached hydrogens (tertiary/aromatic N) is 3. The van der Waals surface area contributed by atoms with E-state index in [2.05, 4.69) is 15.0 Å². The van der Waals surface area contributed by atoms with Crippen LogP contribution in [0.15, 0.2) is 48.7 Å². The van der Waals surface area contributed by atoms with E-state index in [0.29, 0.717) is 28.4 Å². The molecule has 2 aromatic heterocycles. The van der Waals surface area contributed by atoms with Gasteiger partial charge in [0.25, 0.3) is 0 Å². The molecule has 0 aliphatic rings. The number of pyridine rings is 1. The number of methoxy groups -OCH3 is 1. The lowest BCUT2D eigenvalue weighted by Gasteiger charge is -2.09. The summed E-state index contributed by atoms with van der Waals surface area (Å²) in [7, 11) is -2.32. The van der Waals surface area contributed by atoms with E-state index in [4.69, 9.17) is 8.92 Å². The molecule has 0 aliphatic heterocycles. The smallest absolute Gasteiger partial charge is 0.333 e. The summed E-state index contributed by atoms with van der Waals surface area (Å²) in [6, 6.07) is 10.3. The van der Waals surface area contributed by atoms with Gasteiger partial charge in [-0.15, -0.1) is 0 Å². The van der Waals surface area contributed by atoms with Crippen LogP contribution < -0.4 is 8.92 Å². The first kappa shape index (κ1) is 17.7. The third kappa shape index (κ3) is 4.31. The summed E-state index contributed by atoms with van der Waals surface area (Å²) < 4.78 is 45.9. The van der Waals surface area contributed by atoms with Gasteiger partial charge in [-0.05, 0) is 36.4 Å². The van der Waals surface area contributed by atoms with Crippen molar-refractivity contribution in [1.82, 2.24) is 15.0 Å². The largest absolute Gasteiger partial charge is 0.481 e. The topological polar surface area (TPSA) is 91.3 Å². The third-order valence-corrected chi connectivity index (χ3v) is 3.76. The summed E-state index contributed by atoms with van der Waals surface area (Å²) in [4.78, 5) is 12.3. The first-order valence-corrected chi connectivity index (χ1v) is 9.20. The van der Waals surface area contributed by atoms with Gasteiger partial charge in [0.1, 0.15) is 5.82 Å². The minimum absolute atomic E-state index is 0.333. The summed E-state index contributed by atoms with van der Waals surface area (Å²) >= 11 is 0. The number of benzene rings is 1. The van der Waals surface area contributed by atoms with Crippen molar-refractivity contribution >= 4 is 10.1 Å². The van der Waals surface area contributed by atoms with Crippen molar-refractivity contribution in [2.45, 2.75) is 0 Å². The molecule has 0 aliphatic carbocycles. The molecular weight excluding hydrogens is 361 g/mol. The molecule has 0 spiro atoms. The van der Waals surface area contributed by atoms with E-state index in [0.717, 1.165) is 6.26 Å². The number of halogens is 1. The minimum Gasteiger partial charge on any atom is -0.481 e. The molecule has 26 heavy (non-hydrogen) atoms. The molecule has 0 unspecified atom stereocenters. The van der Waals surface area contributed by atoms with Crippen LogP contribution in [0, 0.1) is 5.82 Å². The van der Waals surface area contributed by atoms with Gasteiger partial charge in [-0.3, -0.25) is 0 Å². The van der Waals surface area contributed by atoms with Gasteiger partial charge < -0.3 is 8.92 Å². The molecule has 2 heterocycles. The molecule has 7 nitrogen and oxygen atoms in total. The summed E-state index contributed by atoms with van der Waals surface area (Å²) in [5.41, 5.74) is 1.96. The van der Waals surface area contributed by atoms with Gasteiger partial charge in [0.05, 0.1) is 24.8 Å². The fourth-order valence-electron chi connectivity index (χ4n) is 2.17. The molecule has 1 aromatic carbocycles. The van der Waals surface area contributed by atoms with Crippen LogP contribution in [0.5, 0.6) is 11.9 Å². The quantitative estimate of drug-likeness (QED) is 0.633. The van der Waals surface area contributed by atoms with Crippen molar-refractivity contribution in [1.29, 1.82) is 0 Å². The number of ether oxygens (including phenoxy) is 1. The van der Waals surface area contributed by atoms with E-state index in [1.165, 1.54) is 37.6 Å². The standard InChI is InChI=1S/C17H14FN3O4S/c1-24-16-8-5-12(10-19-16)15-9-14(11-3-6-13(18)7-4-11)20-17(21-15)25-26(2,22)23/h3-10H,1-2H3. The van der Waals surface area contributed by atoms with E-state index in [1.807, 2.05) is 0 Å². The fourth-order valence-corrected chi connectivity index (χ4v) is 2.51. The number of aromatic nitrogens is 3. The number of hydrogen-bond acceptors (Lipinski definition) is 7. The first-order valence-electron chi connectivity index (χ1n) is 7.39. The minimum atomic E-state index is -3.81. The highest BCUT2D eigenvalue weighted by atomic mass is 32.2. The van der Waals surface area contributed by atoms with Crippen molar-refractivity contribution in [2.24, 2.45) is 0 Å².